The Balaban J connectivity index is 1.95. The molecule has 1 unspecified atom stereocenters. The summed E-state index contributed by atoms with van der Waals surface area (Å²) >= 11 is 0. The lowest BCUT2D eigenvalue weighted by Crippen LogP contribution is -2.38. The van der Waals surface area contributed by atoms with Crippen molar-refractivity contribution in [3.8, 4) is 0 Å². The van der Waals surface area contributed by atoms with Gasteiger partial charge in [0.1, 0.15) is 0 Å². The molecule has 0 bridgehead atoms. The predicted octanol–water partition coefficient (Wildman–Crippen LogP) is 1.23. The van der Waals surface area contributed by atoms with Crippen molar-refractivity contribution < 1.29 is 18.9 Å². The zero-order chi connectivity index (χ0) is 11.9. The van der Waals surface area contributed by atoms with E-state index < -0.39 is 12.0 Å². The van der Waals surface area contributed by atoms with Crippen molar-refractivity contribution in [3.63, 3.8) is 0 Å². The number of alkyl halides is 2. The lowest BCUT2D eigenvalue weighted by atomic mass is 10.1. The summed E-state index contributed by atoms with van der Waals surface area (Å²) in [6.07, 6.45) is 2.03. The third-order valence-corrected chi connectivity index (χ3v) is 2.81. The molecular weight excluding hydrogens is 218 g/mol. The molecule has 1 aliphatic rings. The van der Waals surface area contributed by atoms with E-state index in [9.17, 15) is 8.78 Å². The Morgan fingerprint density at radius 3 is 2.81 bits per heavy atom. The van der Waals surface area contributed by atoms with Gasteiger partial charge in [0.15, 0.2) is 0 Å². The Kier molecular flexibility index (Phi) is 6.12. The van der Waals surface area contributed by atoms with Crippen LogP contribution in [0.1, 0.15) is 25.7 Å². The molecule has 4 nitrogen and oxygen atoms in total. The van der Waals surface area contributed by atoms with Gasteiger partial charge in [-0.1, -0.05) is 0 Å². The predicted molar refractivity (Wildman–Crippen MR) is 56.7 cm³/mol. The van der Waals surface area contributed by atoms with E-state index in [1.807, 2.05) is 0 Å². The summed E-state index contributed by atoms with van der Waals surface area (Å²) in [5.41, 5.74) is 0. The average Bonchev–Trinajstić information content (AvgIpc) is 2.57. The first-order chi connectivity index (χ1) is 7.67. The monoisotopic (exact) mass is 238 g/mol. The second kappa shape index (κ2) is 7.11. The third-order valence-electron chi connectivity index (χ3n) is 2.81. The van der Waals surface area contributed by atoms with Crippen LogP contribution >= 0.6 is 0 Å². The van der Waals surface area contributed by atoms with E-state index in [1.54, 1.807) is 0 Å². The van der Waals surface area contributed by atoms with Crippen LogP contribution in [0.2, 0.25) is 0 Å². The first kappa shape index (κ1) is 13.8. The molecule has 0 aliphatic carbocycles. The fourth-order valence-corrected chi connectivity index (χ4v) is 1.84. The minimum Gasteiger partial charge on any atom is -0.317 e. The maximum atomic E-state index is 13.2. The summed E-state index contributed by atoms with van der Waals surface area (Å²) in [4.78, 5) is 3.92. The van der Waals surface area contributed by atoms with Gasteiger partial charge in [0, 0.05) is 13.0 Å². The van der Waals surface area contributed by atoms with E-state index in [0.717, 1.165) is 19.4 Å². The molecule has 0 aromatic rings. The van der Waals surface area contributed by atoms with E-state index in [0.29, 0.717) is 26.1 Å². The summed E-state index contributed by atoms with van der Waals surface area (Å²) in [6, 6.07) is -0.680. The lowest BCUT2D eigenvalue weighted by Gasteiger charge is -2.18. The Bertz CT molecular complexity index is 194. The zero-order valence-electron chi connectivity index (χ0n) is 9.35. The Hall–Kier alpha value is -0.300. The highest BCUT2D eigenvalue weighted by Crippen LogP contribution is 2.28. The quantitative estimate of drug-likeness (QED) is 0.338. The van der Waals surface area contributed by atoms with Gasteiger partial charge in [0.25, 0.3) is 5.92 Å². The van der Waals surface area contributed by atoms with Gasteiger partial charge in [-0.15, -0.1) is 0 Å². The summed E-state index contributed by atoms with van der Waals surface area (Å²) < 4.78 is 26.3. The van der Waals surface area contributed by atoms with Crippen LogP contribution in [0.4, 0.5) is 8.78 Å². The molecule has 1 heterocycles. The molecule has 6 heteroatoms. The maximum Gasteiger partial charge on any atom is 0.264 e. The molecule has 1 atom stereocenters. The molecule has 16 heavy (non-hydrogen) atoms. The Morgan fingerprint density at radius 2 is 2.19 bits per heavy atom. The van der Waals surface area contributed by atoms with E-state index in [4.69, 9.17) is 5.26 Å². The maximum absolute atomic E-state index is 13.2. The first-order valence-electron chi connectivity index (χ1n) is 5.75. The standard InChI is InChI=1S/C10H20F2N2O2/c11-10(12)4-7-14-9(10)3-6-13-5-1-2-8-16-15/h9,13-15H,1-8H2. The van der Waals surface area contributed by atoms with Crippen LogP contribution < -0.4 is 10.6 Å². The van der Waals surface area contributed by atoms with Gasteiger partial charge in [0.05, 0.1) is 12.6 Å². The molecule has 0 saturated carbocycles. The van der Waals surface area contributed by atoms with Crippen molar-refractivity contribution in [1.82, 2.24) is 10.6 Å². The number of hydrogen-bond acceptors (Lipinski definition) is 4. The summed E-state index contributed by atoms with van der Waals surface area (Å²) in [5.74, 6) is -2.55. The molecule has 96 valence electrons. The highest BCUT2D eigenvalue weighted by molar-refractivity contribution is 4.90. The normalized spacial score (nSPS) is 23.8. The third kappa shape index (κ3) is 4.69. The van der Waals surface area contributed by atoms with Gasteiger partial charge < -0.3 is 10.6 Å². The molecule has 1 rings (SSSR count). The summed E-state index contributed by atoms with van der Waals surface area (Å²) in [5, 5.41) is 14.0. The van der Waals surface area contributed by atoms with Crippen molar-refractivity contribution in [2.24, 2.45) is 0 Å². The largest absolute Gasteiger partial charge is 0.317 e. The van der Waals surface area contributed by atoms with Crippen LogP contribution in [-0.2, 0) is 4.89 Å². The number of hydrogen-bond donors (Lipinski definition) is 3. The second-order valence-electron chi connectivity index (χ2n) is 4.10. The minimum absolute atomic E-state index is 0.0501. The topological polar surface area (TPSA) is 53.5 Å². The van der Waals surface area contributed by atoms with E-state index in [1.165, 1.54) is 0 Å². The molecule has 3 N–H and O–H groups in total. The number of halogens is 2. The van der Waals surface area contributed by atoms with Crippen LogP contribution in [0.15, 0.2) is 0 Å². The minimum atomic E-state index is -2.55. The van der Waals surface area contributed by atoms with Gasteiger partial charge in [-0.3, -0.25) is 5.26 Å². The average molecular weight is 238 g/mol. The SMILES string of the molecule is OOCCCCNCCC1NCCC1(F)F. The Morgan fingerprint density at radius 1 is 1.38 bits per heavy atom. The lowest BCUT2D eigenvalue weighted by molar-refractivity contribution is -0.242. The van der Waals surface area contributed by atoms with Gasteiger partial charge >= 0.3 is 0 Å². The molecule has 0 aromatic carbocycles. The number of nitrogens with one attached hydrogen (secondary N) is 2. The summed E-state index contributed by atoms with van der Waals surface area (Å²) in [6.45, 7) is 2.09. The molecule has 1 fully saturated rings. The molecule has 1 aliphatic heterocycles. The first-order valence-corrected chi connectivity index (χ1v) is 5.75. The van der Waals surface area contributed by atoms with Crippen LogP contribution in [-0.4, -0.2) is 43.5 Å². The highest BCUT2D eigenvalue weighted by Gasteiger charge is 2.42. The number of rotatable bonds is 8. The smallest absolute Gasteiger partial charge is 0.264 e. The van der Waals surface area contributed by atoms with Crippen molar-refractivity contribution in [1.29, 1.82) is 0 Å². The van der Waals surface area contributed by atoms with Crippen molar-refractivity contribution in [2.45, 2.75) is 37.6 Å². The molecule has 0 radical (unpaired) electrons. The van der Waals surface area contributed by atoms with Gasteiger partial charge in [-0.2, -0.15) is 0 Å². The van der Waals surface area contributed by atoms with Crippen LogP contribution in [0.25, 0.3) is 0 Å². The molecule has 0 amide bonds. The summed E-state index contributed by atoms with van der Waals surface area (Å²) in [7, 11) is 0. The number of unbranched alkanes of at least 4 members (excludes halogenated alkanes) is 1. The van der Waals surface area contributed by atoms with Gasteiger partial charge in [0.2, 0.25) is 0 Å². The van der Waals surface area contributed by atoms with Crippen LogP contribution in [0.3, 0.4) is 0 Å². The van der Waals surface area contributed by atoms with Gasteiger partial charge in [-0.05, 0) is 32.4 Å². The van der Waals surface area contributed by atoms with Crippen molar-refractivity contribution in [3.05, 3.63) is 0 Å². The molecule has 1 saturated heterocycles. The van der Waals surface area contributed by atoms with Crippen molar-refractivity contribution >= 4 is 0 Å². The zero-order valence-corrected chi connectivity index (χ0v) is 9.35. The van der Waals surface area contributed by atoms with E-state index >= 15 is 0 Å². The molecule has 0 spiro atoms. The van der Waals surface area contributed by atoms with E-state index in [2.05, 4.69) is 15.5 Å². The second-order valence-corrected chi connectivity index (χ2v) is 4.10. The van der Waals surface area contributed by atoms with E-state index in [-0.39, 0.29) is 6.42 Å². The van der Waals surface area contributed by atoms with Gasteiger partial charge in [-0.25, -0.2) is 13.7 Å². The highest BCUT2D eigenvalue weighted by atomic mass is 19.3. The van der Waals surface area contributed by atoms with Crippen LogP contribution in [0, 0.1) is 0 Å². The molecular formula is C10H20F2N2O2. The molecule has 0 aromatic heterocycles. The van der Waals surface area contributed by atoms with Crippen LogP contribution in [0.5, 0.6) is 0 Å². The fraction of sp³-hybridized carbons (Fsp3) is 1.00. The van der Waals surface area contributed by atoms with Crippen molar-refractivity contribution in [2.75, 3.05) is 26.2 Å². The fourth-order valence-electron chi connectivity index (χ4n) is 1.84. The Labute approximate surface area is 94.3 Å².